The number of aromatic nitrogens is 2. The van der Waals surface area contributed by atoms with Crippen molar-refractivity contribution in [3.63, 3.8) is 0 Å². The zero-order chi connectivity index (χ0) is 26.9. The van der Waals surface area contributed by atoms with Gasteiger partial charge in [-0.25, -0.2) is 19.2 Å². The highest BCUT2D eigenvalue weighted by Gasteiger charge is 2.29. The molecule has 3 heterocycles. The summed E-state index contributed by atoms with van der Waals surface area (Å²) in [7, 11) is 0. The number of rotatable bonds is 5. The van der Waals surface area contributed by atoms with Crippen LogP contribution in [-0.4, -0.2) is 70.1 Å². The molecule has 202 valence electrons. The number of halogens is 1. The number of anilines is 3. The average molecular weight is 524 g/mol. The Hall–Kier alpha value is -3.66. The monoisotopic (exact) mass is 523 g/mol. The molecule has 1 unspecified atom stereocenters. The minimum Gasteiger partial charge on any atom is -0.488 e. The summed E-state index contributed by atoms with van der Waals surface area (Å²) in [5.74, 6) is 0.684. The van der Waals surface area contributed by atoms with Crippen LogP contribution in [0, 0.1) is 5.82 Å². The van der Waals surface area contributed by atoms with Crippen molar-refractivity contribution in [1.82, 2.24) is 14.9 Å². The van der Waals surface area contributed by atoms with E-state index >= 15 is 0 Å². The number of hydrogen-bond donors (Lipinski definition) is 2. The van der Waals surface area contributed by atoms with E-state index < -0.39 is 5.60 Å². The summed E-state index contributed by atoms with van der Waals surface area (Å²) in [6, 6.07) is 10.0. The highest BCUT2D eigenvalue weighted by atomic mass is 19.1. The van der Waals surface area contributed by atoms with E-state index in [1.54, 1.807) is 23.2 Å². The van der Waals surface area contributed by atoms with E-state index in [0.29, 0.717) is 61.8 Å². The van der Waals surface area contributed by atoms with Gasteiger partial charge in [0.25, 0.3) is 0 Å². The molecule has 1 amide bonds. The summed E-state index contributed by atoms with van der Waals surface area (Å²) in [5, 5.41) is 14.0. The summed E-state index contributed by atoms with van der Waals surface area (Å²) < 4.78 is 25.6. The summed E-state index contributed by atoms with van der Waals surface area (Å²) in [5.41, 5.74) is 1.59. The van der Waals surface area contributed by atoms with Crippen LogP contribution in [0.4, 0.5) is 26.5 Å². The number of hydrogen-bond acceptors (Lipinski definition) is 8. The Morgan fingerprint density at radius 1 is 1.13 bits per heavy atom. The van der Waals surface area contributed by atoms with Crippen molar-refractivity contribution in [3.05, 3.63) is 48.4 Å². The Kier molecular flexibility index (Phi) is 7.25. The van der Waals surface area contributed by atoms with Crippen LogP contribution in [-0.2, 0) is 4.74 Å². The van der Waals surface area contributed by atoms with E-state index in [2.05, 4.69) is 20.2 Å². The van der Waals surface area contributed by atoms with Gasteiger partial charge in [-0.2, -0.15) is 0 Å². The molecule has 2 saturated heterocycles. The number of carbonyl (C=O) groups excluding carboxylic acids is 1. The first-order valence-corrected chi connectivity index (χ1v) is 13.0. The first-order valence-electron chi connectivity index (χ1n) is 13.0. The summed E-state index contributed by atoms with van der Waals surface area (Å²) >= 11 is 0. The molecule has 1 aromatic heterocycles. The molecule has 0 saturated carbocycles. The van der Waals surface area contributed by atoms with Crippen LogP contribution in [0.3, 0.4) is 0 Å². The lowest BCUT2D eigenvalue weighted by Crippen LogP contribution is -2.44. The highest BCUT2D eigenvalue weighted by Crippen LogP contribution is 2.37. The lowest BCUT2D eigenvalue weighted by molar-refractivity contribution is 0.0127. The average Bonchev–Trinajstić information content (AvgIpc) is 3.29. The Bertz CT molecular complexity index is 1310. The van der Waals surface area contributed by atoms with E-state index in [0.717, 1.165) is 17.6 Å². The van der Waals surface area contributed by atoms with E-state index in [9.17, 15) is 14.3 Å². The molecular weight excluding hydrogens is 489 g/mol. The third-order valence-electron chi connectivity index (χ3n) is 6.63. The van der Waals surface area contributed by atoms with Gasteiger partial charge in [0, 0.05) is 62.4 Å². The van der Waals surface area contributed by atoms with Crippen molar-refractivity contribution in [1.29, 1.82) is 0 Å². The van der Waals surface area contributed by atoms with Gasteiger partial charge in [-0.3, -0.25) is 0 Å². The second-order valence-corrected chi connectivity index (χ2v) is 10.9. The van der Waals surface area contributed by atoms with Crippen molar-refractivity contribution in [2.75, 3.05) is 36.4 Å². The second-order valence-electron chi connectivity index (χ2n) is 10.9. The quantitative estimate of drug-likeness (QED) is 0.489. The second kappa shape index (κ2) is 10.6. The fourth-order valence-corrected chi connectivity index (χ4v) is 4.77. The maximum Gasteiger partial charge on any atom is 0.410 e. The van der Waals surface area contributed by atoms with Crippen LogP contribution in [0.25, 0.3) is 10.9 Å². The number of nitrogens with zero attached hydrogens (tertiary/aromatic N) is 4. The Balaban J connectivity index is 1.36. The van der Waals surface area contributed by atoms with E-state index in [1.165, 1.54) is 12.1 Å². The molecule has 5 rings (SSSR count). The molecular formula is C28H34FN5O4. The lowest BCUT2D eigenvalue weighted by Gasteiger charge is -2.34. The summed E-state index contributed by atoms with van der Waals surface area (Å²) in [6.45, 7) is 7.93. The molecule has 2 aromatic carbocycles. The van der Waals surface area contributed by atoms with Crippen molar-refractivity contribution >= 4 is 34.3 Å². The van der Waals surface area contributed by atoms with Crippen LogP contribution in [0.5, 0.6) is 5.75 Å². The standard InChI is InChI=1S/C28H34FN5O4/c1-28(2,3)38-27(36)33-11-8-22(9-12-33)37-25-15-23-18(13-24(25)34-10-7-21(35)17-34)16-30-26(32-23)31-20-6-4-5-19(29)14-20/h4-6,13-16,21-22,35H,7-12,17H2,1-3H3,(H,30,31,32). The van der Waals surface area contributed by atoms with Gasteiger partial charge in [-0.15, -0.1) is 0 Å². The number of ether oxygens (including phenoxy) is 2. The van der Waals surface area contributed by atoms with Crippen LogP contribution < -0.4 is 15.0 Å². The molecule has 10 heteroatoms. The minimum absolute atomic E-state index is 0.0795. The van der Waals surface area contributed by atoms with Gasteiger partial charge in [-0.1, -0.05) is 6.07 Å². The molecule has 38 heavy (non-hydrogen) atoms. The van der Waals surface area contributed by atoms with Crippen molar-refractivity contribution in [2.45, 2.75) is 57.8 Å². The number of nitrogens with one attached hydrogen (secondary N) is 1. The van der Waals surface area contributed by atoms with Crippen molar-refractivity contribution in [2.24, 2.45) is 0 Å². The Morgan fingerprint density at radius 2 is 1.92 bits per heavy atom. The number of likely N-dealkylation sites (tertiary alicyclic amines) is 1. The van der Waals surface area contributed by atoms with Gasteiger partial charge >= 0.3 is 6.09 Å². The van der Waals surface area contributed by atoms with Gasteiger partial charge in [0.15, 0.2) is 0 Å². The number of benzene rings is 2. The van der Waals surface area contributed by atoms with Gasteiger partial charge in [0.05, 0.1) is 17.3 Å². The molecule has 9 nitrogen and oxygen atoms in total. The number of piperidine rings is 1. The van der Waals surface area contributed by atoms with Crippen LogP contribution in [0.1, 0.15) is 40.0 Å². The SMILES string of the molecule is CC(C)(C)OC(=O)N1CCC(Oc2cc3nc(Nc4cccc(F)c4)ncc3cc2N2CCC(O)C2)CC1. The molecule has 2 aliphatic rings. The predicted octanol–water partition coefficient (Wildman–Crippen LogP) is 4.86. The lowest BCUT2D eigenvalue weighted by atomic mass is 10.1. The van der Waals surface area contributed by atoms with E-state index in [4.69, 9.17) is 9.47 Å². The fourth-order valence-electron chi connectivity index (χ4n) is 4.77. The van der Waals surface area contributed by atoms with Crippen molar-refractivity contribution < 1.29 is 23.8 Å². The highest BCUT2D eigenvalue weighted by molar-refractivity contribution is 5.86. The van der Waals surface area contributed by atoms with Crippen LogP contribution in [0.15, 0.2) is 42.6 Å². The molecule has 0 bridgehead atoms. The fraction of sp³-hybridized carbons (Fsp3) is 0.464. The van der Waals surface area contributed by atoms with E-state index in [1.807, 2.05) is 32.9 Å². The first-order chi connectivity index (χ1) is 18.1. The Morgan fingerprint density at radius 3 is 2.61 bits per heavy atom. The Labute approximate surface area is 221 Å². The third kappa shape index (κ3) is 6.24. The number of aliphatic hydroxyl groups is 1. The van der Waals surface area contributed by atoms with E-state index in [-0.39, 0.29) is 24.1 Å². The number of aliphatic hydroxyl groups excluding tert-OH is 1. The molecule has 0 aliphatic carbocycles. The topological polar surface area (TPSA) is 100 Å². The van der Waals surface area contributed by atoms with Crippen molar-refractivity contribution in [3.8, 4) is 5.75 Å². The maximum absolute atomic E-state index is 13.6. The molecule has 2 fully saturated rings. The summed E-state index contributed by atoms with van der Waals surface area (Å²) in [6.07, 6.45) is 3.00. The number of β-amino-alcohol motifs (C(OH)–C–C–N with tert-alkyl or cyclic N) is 1. The predicted molar refractivity (Wildman–Crippen MR) is 144 cm³/mol. The maximum atomic E-state index is 13.6. The number of carbonyl (C=O) groups is 1. The molecule has 2 aliphatic heterocycles. The normalized spacial score (nSPS) is 18.6. The molecule has 1 atom stereocenters. The largest absolute Gasteiger partial charge is 0.488 e. The molecule has 3 aromatic rings. The molecule has 0 radical (unpaired) electrons. The first kappa shape index (κ1) is 26.0. The van der Waals surface area contributed by atoms with Crippen LogP contribution >= 0.6 is 0 Å². The van der Waals surface area contributed by atoms with Gasteiger partial charge in [-0.05, 0) is 51.5 Å². The minimum atomic E-state index is -0.533. The smallest absolute Gasteiger partial charge is 0.410 e. The summed E-state index contributed by atoms with van der Waals surface area (Å²) in [4.78, 5) is 25.4. The van der Waals surface area contributed by atoms with Gasteiger partial charge in [0.1, 0.15) is 23.3 Å². The zero-order valence-corrected chi connectivity index (χ0v) is 22.0. The molecule has 0 spiro atoms. The number of fused-ring (bicyclic) bond motifs is 1. The zero-order valence-electron chi connectivity index (χ0n) is 22.0. The van der Waals surface area contributed by atoms with Gasteiger partial charge in [0.2, 0.25) is 5.95 Å². The number of amides is 1. The van der Waals surface area contributed by atoms with Gasteiger partial charge < -0.3 is 29.7 Å². The van der Waals surface area contributed by atoms with Crippen LogP contribution in [0.2, 0.25) is 0 Å². The third-order valence-corrected chi connectivity index (χ3v) is 6.63. The molecule has 2 N–H and O–H groups in total.